The zero-order valence-electron chi connectivity index (χ0n) is 12.6. The van der Waals surface area contributed by atoms with Gasteiger partial charge in [-0.2, -0.15) is 0 Å². The number of benzene rings is 1. The smallest absolute Gasteiger partial charge is 0.161 e. The van der Waals surface area contributed by atoms with Gasteiger partial charge in [-0.1, -0.05) is 20.3 Å². The molecule has 1 N–H and O–H groups in total. The molecule has 0 aliphatic carbocycles. The molecule has 1 rings (SSSR count). The third kappa shape index (κ3) is 4.62. The van der Waals surface area contributed by atoms with Crippen molar-refractivity contribution in [2.45, 2.75) is 31.7 Å². The second kappa shape index (κ2) is 8.33. The molecule has 3 nitrogen and oxygen atoms in total. The Balaban J connectivity index is 2.80. The lowest BCUT2D eigenvalue weighted by Crippen LogP contribution is -2.20. The van der Waals surface area contributed by atoms with Crippen molar-refractivity contribution in [3.63, 3.8) is 0 Å². The number of ether oxygens (including phenoxy) is 2. The van der Waals surface area contributed by atoms with Crippen LogP contribution in [0.5, 0.6) is 11.5 Å². The molecule has 0 heterocycles. The fourth-order valence-electron chi connectivity index (χ4n) is 1.83. The molecule has 0 saturated carbocycles. The Bertz CT molecular complexity index is 396. The Morgan fingerprint density at radius 1 is 1.21 bits per heavy atom. The Morgan fingerprint density at radius 3 is 2.37 bits per heavy atom. The van der Waals surface area contributed by atoms with E-state index in [0.29, 0.717) is 5.92 Å². The maximum atomic E-state index is 5.36. The zero-order valence-corrected chi connectivity index (χ0v) is 13.4. The van der Waals surface area contributed by atoms with Gasteiger partial charge in [-0.05, 0) is 36.4 Å². The van der Waals surface area contributed by atoms with Gasteiger partial charge in [0, 0.05) is 11.4 Å². The van der Waals surface area contributed by atoms with E-state index in [4.69, 9.17) is 9.47 Å². The second-order valence-corrected chi connectivity index (χ2v) is 5.51. The van der Waals surface area contributed by atoms with Crippen LogP contribution in [0, 0.1) is 5.92 Å². The molecule has 0 aliphatic heterocycles. The summed E-state index contributed by atoms with van der Waals surface area (Å²) < 4.78 is 10.7. The van der Waals surface area contributed by atoms with Crippen molar-refractivity contribution in [1.82, 2.24) is 5.32 Å². The van der Waals surface area contributed by atoms with Crippen LogP contribution >= 0.6 is 11.8 Å². The lowest BCUT2D eigenvalue weighted by molar-refractivity contribution is 0.353. The topological polar surface area (TPSA) is 30.5 Å². The van der Waals surface area contributed by atoms with Gasteiger partial charge in [0.2, 0.25) is 0 Å². The van der Waals surface area contributed by atoms with Crippen LogP contribution in [-0.4, -0.2) is 27.0 Å². The molecule has 1 atom stereocenters. The summed E-state index contributed by atoms with van der Waals surface area (Å²) in [4.78, 5) is 1.23. The Kier molecular flexibility index (Phi) is 7.10. The summed E-state index contributed by atoms with van der Waals surface area (Å²) in [5.74, 6) is 2.29. The Hall–Kier alpha value is -0.870. The molecule has 4 heteroatoms. The van der Waals surface area contributed by atoms with Crippen molar-refractivity contribution >= 4 is 11.8 Å². The van der Waals surface area contributed by atoms with Crippen LogP contribution in [0.3, 0.4) is 0 Å². The van der Waals surface area contributed by atoms with E-state index >= 15 is 0 Å². The zero-order chi connectivity index (χ0) is 14.3. The molecule has 0 bridgehead atoms. The van der Waals surface area contributed by atoms with E-state index < -0.39 is 0 Å². The largest absolute Gasteiger partial charge is 0.493 e. The molecule has 0 fully saturated rings. The van der Waals surface area contributed by atoms with Crippen molar-refractivity contribution in [3.8, 4) is 11.5 Å². The van der Waals surface area contributed by atoms with Gasteiger partial charge in [-0.15, -0.1) is 11.8 Å². The van der Waals surface area contributed by atoms with E-state index in [1.165, 1.54) is 16.9 Å². The molecule has 0 saturated heterocycles. The quantitative estimate of drug-likeness (QED) is 0.739. The minimum Gasteiger partial charge on any atom is -0.493 e. The average Bonchev–Trinajstić information content (AvgIpc) is 2.46. The molecule has 1 aromatic carbocycles. The van der Waals surface area contributed by atoms with Crippen LogP contribution < -0.4 is 14.8 Å². The van der Waals surface area contributed by atoms with Gasteiger partial charge < -0.3 is 14.8 Å². The van der Waals surface area contributed by atoms with Crippen LogP contribution in [0.15, 0.2) is 17.0 Å². The van der Waals surface area contributed by atoms with Crippen LogP contribution in [0.4, 0.5) is 0 Å². The van der Waals surface area contributed by atoms with Gasteiger partial charge in [-0.25, -0.2) is 0 Å². The Labute approximate surface area is 121 Å². The molecule has 0 aliphatic rings. The normalized spacial score (nSPS) is 12.3. The summed E-state index contributed by atoms with van der Waals surface area (Å²) in [6.45, 7) is 6.38. The van der Waals surface area contributed by atoms with Crippen LogP contribution in [0.1, 0.15) is 25.8 Å². The summed E-state index contributed by atoms with van der Waals surface area (Å²) in [7, 11) is 3.34. The highest BCUT2D eigenvalue weighted by Crippen LogP contribution is 2.34. The van der Waals surface area contributed by atoms with Gasteiger partial charge in [0.25, 0.3) is 0 Å². The average molecular weight is 283 g/mol. The first-order valence-corrected chi connectivity index (χ1v) is 7.88. The van der Waals surface area contributed by atoms with E-state index in [-0.39, 0.29) is 0 Å². The van der Waals surface area contributed by atoms with Gasteiger partial charge >= 0.3 is 0 Å². The van der Waals surface area contributed by atoms with Crippen molar-refractivity contribution in [1.29, 1.82) is 0 Å². The molecule has 0 aromatic heterocycles. The lowest BCUT2D eigenvalue weighted by atomic mass is 10.1. The summed E-state index contributed by atoms with van der Waals surface area (Å²) in [6.07, 6.45) is 3.29. The molecule has 1 aromatic rings. The maximum absolute atomic E-state index is 5.36. The molecule has 0 amide bonds. The highest BCUT2D eigenvalue weighted by molar-refractivity contribution is 7.98. The number of hydrogen-bond acceptors (Lipinski definition) is 4. The van der Waals surface area contributed by atoms with Crippen LogP contribution in [0.2, 0.25) is 0 Å². The third-order valence-electron chi connectivity index (χ3n) is 3.29. The van der Waals surface area contributed by atoms with E-state index in [0.717, 1.165) is 24.6 Å². The van der Waals surface area contributed by atoms with E-state index in [1.807, 2.05) is 6.07 Å². The van der Waals surface area contributed by atoms with Crippen molar-refractivity contribution in [2.75, 3.05) is 27.0 Å². The van der Waals surface area contributed by atoms with E-state index in [9.17, 15) is 0 Å². The molecule has 0 spiro atoms. The number of thioether (sulfide) groups is 1. The van der Waals surface area contributed by atoms with E-state index in [1.54, 1.807) is 26.0 Å². The summed E-state index contributed by atoms with van der Waals surface area (Å²) >= 11 is 1.73. The summed E-state index contributed by atoms with van der Waals surface area (Å²) in [6, 6.07) is 4.11. The van der Waals surface area contributed by atoms with Gasteiger partial charge in [0.05, 0.1) is 14.2 Å². The highest BCUT2D eigenvalue weighted by atomic mass is 32.2. The van der Waals surface area contributed by atoms with Crippen LogP contribution in [-0.2, 0) is 6.54 Å². The van der Waals surface area contributed by atoms with E-state index in [2.05, 4.69) is 31.5 Å². The van der Waals surface area contributed by atoms with Crippen molar-refractivity contribution in [3.05, 3.63) is 17.7 Å². The first kappa shape index (κ1) is 16.2. The molecule has 19 heavy (non-hydrogen) atoms. The first-order chi connectivity index (χ1) is 9.15. The van der Waals surface area contributed by atoms with Gasteiger partial charge in [-0.3, -0.25) is 0 Å². The number of hydrogen-bond donors (Lipinski definition) is 1. The Morgan fingerprint density at radius 2 is 1.84 bits per heavy atom. The van der Waals surface area contributed by atoms with Crippen molar-refractivity contribution < 1.29 is 9.47 Å². The highest BCUT2D eigenvalue weighted by Gasteiger charge is 2.10. The SMILES string of the molecule is CCC(C)CNCc1cc(OC)c(OC)cc1SC. The number of nitrogens with one attached hydrogen (secondary N) is 1. The second-order valence-electron chi connectivity index (χ2n) is 4.66. The minimum atomic E-state index is 0.706. The molecule has 1 unspecified atom stereocenters. The predicted octanol–water partition coefficient (Wildman–Crippen LogP) is 3.56. The molecular weight excluding hydrogens is 258 g/mol. The monoisotopic (exact) mass is 283 g/mol. The fraction of sp³-hybridized carbons (Fsp3) is 0.600. The minimum absolute atomic E-state index is 0.706. The molecular formula is C15H25NO2S. The molecule has 108 valence electrons. The van der Waals surface area contributed by atoms with Gasteiger partial charge in [0.15, 0.2) is 11.5 Å². The standard InChI is InChI=1S/C15H25NO2S/c1-6-11(2)9-16-10-12-7-13(17-3)14(18-4)8-15(12)19-5/h7-8,11,16H,6,9-10H2,1-5H3. The summed E-state index contributed by atoms with van der Waals surface area (Å²) in [5, 5.41) is 3.51. The lowest BCUT2D eigenvalue weighted by Gasteiger charge is -2.15. The van der Waals surface area contributed by atoms with Crippen LogP contribution in [0.25, 0.3) is 0 Å². The van der Waals surface area contributed by atoms with Crippen molar-refractivity contribution in [2.24, 2.45) is 5.92 Å². The third-order valence-corrected chi connectivity index (χ3v) is 4.11. The summed E-state index contributed by atoms with van der Waals surface area (Å²) in [5.41, 5.74) is 1.26. The van der Waals surface area contributed by atoms with Gasteiger partial charge in [0.1, 0.15) is 0 Å². The maximum Gasteiger partial charge on any atom is 0.161 e. The first-order valence-electron chi connectivity index (χ1n) is 6.65. The number of rotatable bonds is 8. The fourth-order valence-corrected chi connectivity index (χ4v) is 2.45. The molecule has 0 radical (unpaired) electrons. The number of methoxy groups -OCH3 is 2. The predicted molar refractivity (Wildman–Crippen MR) is 82.5 cm³/mol.